The van der Waals surface area contributed by atoms with E-state index in [4.69, 9.17) is 0 Å². The predicted molar refractivity (Wildman–Crippen MR) is 83.5 cm³/mol. The molecule has 1 atom stereocenters. The van der Waals surface area contributed by atoms with E-state index in [-0.39, 0.29) is 5.82 Å². The maximum absolute atomic E-state index is 13.0. The molecule has 0 radical (unpaired) electrons. The van der Waals surface area contributed by atoms with Gasteiger partial charge in [0.15, 0.2) is 0 Å². The number of hydrogen-bond acceptors (Lipinski definition) is 2. The Kier molecular flexibility index (Phi) is 6.41. The van der Waals surface area contributed by atoms with Crippen LogP contribution in [0.2, 0.25) is 0 Å². The van der Waals surface area contributed by atoms with Gasteiger partial charge in [0.1, 0.15) is 5.82 Å². The highest BCUT2D eigenvalue weighted by atomic mass is 19.1. The van der Waals surface area contributed by atoms with Crippen LogP contribution in [-0.2, 0) is 6.54 Å². The van der Waals surface area contributed by atoms with Crippen molar-refractivity contribution in [2.45, 2.75) is 45.2 Å². The molecule has 2 rings (SSSR count). The fourth-order valence-electron chi connectivity index (χ4n) is 2.44. The number of aryl methyl sites for hydroxylation is 1. The summed E-state index contributed by atoms with van der Waals surface area (Å²) in [5, 5.41) is 7.79. The number of unbranched alkanes of at least 4 members (excludes halogenated alkanes) is 1. The van der Waals surface area contributed by atoms with Gasteiger partial charge in [0.25, 0.3) is 0 Å². The summed E-state index contributed by atoms with van der Waals surface area (Å²) in [6.45, 7) is 4.05. The second-order valence-corrected chi connectivity index (χ2v) is 5.32. The molecule has 0 bridgehead atoms. The molecular weight excluding hydrogens is 265 g/mol. The van der Waals surface area contributed by atoms with Crippen LogP contribution < -0.4 is 5.32 Å². The van der Waals surface area contributed by atoms with Crippen LogP contribution >= 0.6 is 0 Å². The van der Waals surface area contributed by atoms with Crippen LogP contribution in [0.5, 0.6) is 0 Å². The van der Waals surface area contributed by atoms with Crippen molar-refractivity contribution >= 4 is 0 Å². The number of nitrogens with zero attached hydrogens (tertiary/aromatic N) is 2. The number of aromatic nitrogens is 2. The molecule has 114 valence electrons. The minimum absolute atomic E-state index is 0.174. The number of hydrogen-bond donors (Lipinski definition) is 1. The molecule has 4 heteroatoms. The monoisotopic (exact) mass is 289 g/mol. The van der Waals surface area contributed by atoms with Gasteiger partial charge in [0.2, 0.25) is 0 Å². The number of rotatable bonds is 9. The Morgan fingerprint density at radius 2 is 2.05 bits per heavy atom. The van der Waals surface area contributed by atoms with E-state index in [9.17, 15) is 4.39 Å². The molecule has 21 heavy (non-hydrogen) atoms. The molecule has 0 amide bonds. The zero-order valence-corrected chi connectivity index (χ0v) is 12.6. The van der Waals surface area contributed by atoms with E-state index in [0.29, 0.717) is 6.04 Å². The second-order valence-electron chi connectivity index (χ2n) is 5.32. The van der Waals surface area contributed by atoms with Gasteiger partial charge in [-0.05, 0) is 43.1 Å². The van der Waals surface area contributed by atoms with Crippen LogP contribution in [0.4, 0.5) is 4.39 Å². The van der Waals surface area contributed by atoms with Crippen LogP contribution in [0.15, 0.2) is 42.7 Å². The third-order valence-corrected chi connectivity index (χ3v) is 3.63. The lowest BCUT2D eigenvalue weighted by Gasteiger charge is -2.19. The first-order chi connectivity index (χ1) is 10.3. The molecule has 0 spiro atoms. The number of halogens is 1. The minimum Gasteiger partial charge on any atom is -0.310 e. The van der Waals surface area contributed by atoms with Crippen LogP contribution in [0.25, 0.3) is 0 Å². The molecular formula is C17H24FN3. The topological polar surface area (TPSA) is 29.9 Å². The zero-order chi connectivity index (χ0) is 14.9. The third-order valence-electron chi connectivity index (χ3n) is 3.63. The normalized spacial score (nSPS) is 12.5. The summed E-state index contributed by atoms with van der Waals surface area (Å²) < 4.78 is 15.0. The van der Waals surface area contributed by atoms with Crippen LogP contribution in [0, 0.1) is 5.82 Å². The molecule has 1 N–H and O–H groups in total. The molecule has 0 fully saturated rings. The van der Waals surface area contributed by atoms with Gasteiger partial charge in [-0.15, -0.1) is 0 Å². The summed E-state index contributed by atoms with van der Waals surface area (Å²) in [5.74, 6) is -0.174. The fourth-order valence-corrected chi connectivity index (χ4v) is 2.44. The summed E-state index contributed by atoms with van der Waals surface area (Å²) in [6, 6.07) is 9.10. The van der Waals surface area contributed by atoms with Gasteiger partial charge >= 0.3 is 0 Å². The molecule has 3 nitrogen and oxygen atoms in total. The molecule has 0 aliphatic heterocycles. The van der Waals surface area contributed by atoms with E-state index in [1.165, 1.54) is 18.4 Å². The zero-order valence-electron chi connectivity index (χ0n) is 12.6. The maximum atomic E-state index is 13.0. The highest BCUT2D eigenvalue weighted by Gasteiger charge is 2.10. The Morgan fingerprint density at radius 3 is 2.71 bits per heavy atom. The van der Waals surface area contributed by atoms with Crippen LogP contribution in [-0.4, -0.2) is 16.3 Å². The Balaban J connectivity index is 1.82. The van der Waals surface area contributed by atoms with Crippen molar-refractivity contribution in [3.8, 4) is 0 Å². The number of benzene rings is 1. The summed E-state index contributed by atoms with van der Waals surface area (Å²) in [6.07, 6.45) is 8.25. The van der Waals surface area contributed by atoms with Gasteiger partial charge in [-0.25, -0.2) is 4.39 Å². The van der Waals surface area contributed by atoms with E-state index < -0.39 is 0 Å². The van der Waals surface area contributed by atoms with Gasteiger partial charge in [0, 0.05) is 25.0 Å². The standard InChI is InChI=1S/C17H24FN3/c1-2-3-6-17(15-7-9-16(18)10-8-15)19-11-4-13-21-14-5-12-20-21/h5,7-10,12,14,17,19H,2-4,6,11,13H2,1H3. The van der Waals surface area contributed by atoms with Gasteiger partial charge in [-0.1, -0.05) is 31.9 Å². The molecule has 0 saturated heterocycles. The third kappa shape index (κ3) is 5.31. The molecule has 2 aromatic rings. The van der Waals surface area contributed by atoms with E-state index in [2.05, 4.69) is 17.3 Å². The molecule has 1 aromatic heterocycles. The molecule has 0 aliphatic rings. The highest BCUT2D eigenvalue weighted by Crippen LogP contribution is 2.19. The summed E-state index contributed by atoms with van der Waals surface area (Å²) >= 11 is 0. The van der Waals surface area contributed by atoms with Crippen molar-refractivity contribution in [3.05, 3.63) is 54.1 Å². The van der Waals surface area contributed by atoms with E-state index >= 15 is 0 Å². The Labute approximate surface area is 126 Å². The summed E-state index contributed by atoms with van der Waals surface area (Å²) in [4.78, 5) is 0. The highest BCUT2D eigenvalue weighted by molar-refractivity contribution is 5.19. The van der Waals surface area contributed by atoms with E-state index in [0.717, 1.165) is 25.9 Å². The summed E-state index contributed by atoms with van der Waals surface area (Å²) in [7, 11) is 0. The molecule has 1 aromatic carbocycles. The lowest BCUT2D eigenvalue weighted by atomic mass is 10.0. The Bertz CT molecular complexity index is 493. The first-order valence-corrected chi connectivity index (χ1v) is 7.76. The van der Waals surface area contributed by atoms with Gasteiger partial charge in [-0.2, -0.15) is 5.10 Å². The van der Waals surface area contributed by atoms with Crippen molar-refractivity contribution < 1.29 is 4.39 Å². The molecule has 1 unspecified atom stereocenters. The average Bonchev–Trinajstić information content (AvgIpc) is 3.01. The van der Waals surface area contributed by atoms with Crippen molar-refractivity contribution in [2.24, 2.45) is 0 Å². The summed E-state index contributed by atoms with van der Waals surface area (Å²) in [5.41, 5.74) is 1.17. The first kappa shape index (κ1) is 15.7. The molecule has 0 aliphatic carbocycles. The second kappa shape index (κ2) is 8.57. The average molecular weight is 289 g/mol. The molecule has 0 saturated carbocycles. The largest absolute Gasteiger partial charge is 0.310 e. The quantitative estimate of drug-likeness (QED) is 0.709. The van der Waals surface area contributed by atoms with E-state index in [1.54, 1.807) is 18.3 Å². The van der Waals surface area contributed by atoms with Crippen molar-refractivity contribution in [1.29, 1.82) is 0 Å². The van der Waals surface area contributed by atoms with Gasteiger partial charge < -0.3 is 5.32 Å². The van der Waals surface area contributed by atoms with Crippen LogP contribution in [0.1, 0.15) is 44.2 Å². The number of nitrogens with one attached hydrogen (secondary N) is 1. The Morgan fingerprint density at radius 1 is 1.24 bits per heavy atom. The first-order valence-electron chi connectivity index (χ1n) is 7.76. The van der Waals surface area contributed by atoms with Crippen molar-refractivity contribution in [2.75, 3.05) is 6.54 Å². The SMILES string of the molecule is CCCCC(NCCCn1cccn1)c1ccc(F)cc1. The van der Waals surface area contributed by atoms with Crippen molar-refractivity contribution in [3.63, 3.8) is 0 Å². The lowest BCUT2D eigenvalue weighted by molar-refractivity contribution is 0.456. The smallest absolute Gasteiger partial charge is 0.123 e. The van der Waals surface area contributed by atoms with Crippen molar-refractivity contribution in [1.82, 2.24) is 15.1 Å². The molecule has 1 heterocycles. The lowest BCUT2D eigenvalue weighted by Crippen LogP contribution is -2.23. The van der Waals surface area contributed by atoms with Gasteiger partial charge in [-0.3, -0.25) is 4.68 Å². The fraction of sp³-hybridized carbons (Fsp3) is 0.471. The van der Waals surface area contributed by atoms with Crippen LogP contribution in [0.3, 0.4) is 0 Å². The van der Waals surface area contributed by atoms with Gasteiger partial charge in [0.05, 0.1) is 0 Å². The van der Waals surface area contributed by atoms with E-state index in [1.807, 2.05) is 29.1 Å². The predicted octanol–water partition coefficient (Wildman–Crippen LogP) is 3.93. The maximum Gasteiger partial charge on any atom is 0.123 e. The Hall–Kier alpha value is -1.68. The minimum atomic E-state index is -0.174.